The van der Waals surface area contributed by atoms with Gasteiger partial charge >= 0.3 is 0 Å². The van der Waals surface area contributed by atoms with Crippen LogP contribution in [0.25, 0.3) is 0 Å². The molecule has 4 heteroatoms. The molecule has 13 heavy (non-hydrogen) atoms. The van der Waals surface area contributed by atoms with Crippen LogP contribution in [0.1, 0.15) is 11.7 Å². The van der Waals surface area contributed by atoms with Crippen molar-refractivity contribution in [1.29, 1.82) is 0 Å². The maximum absolute atomic E-state index is 11.9. The van der Waals surface area contributed by atoms with Crippen molar-refractivity contribution < 1.29 is 13.5 Å². The van der Waals surface area contributed by atoms with E-state index in [1.807, 2.05) is 12.1 Å². The first-order valence-electron chi connectivity index (χ1n) is 3.92. The van der Waals surface area contributed by atoms with Gasteiger partial charge in [-0.3, -0.25) is 0 Å². The second-order valence-electron chi connectivity index (χ2n) is 2.77. The summed E-state index contributed by atoms with van der Waals surface area (Å²) >= 11 is 0.565. The smallest absolute Gasteiger partial charge is 0.288 e. The molecule has 0 amide bonds. The van der Waals surface area contributed by atoms with Crippen LogP contribution in [0.15, 0.2) is 29.2 Å². The molecule has 0 unspecified atom stereocenters. The lowest BCUT2D eigenvalue weighted by Gasteiger charge is -2.00. The zero-order valence-corrected chi connectivity index (χ0v) is 7.56. The Morgan fingerprint density at radius 2 is 1.92 bits per heavy atom. The van der Waals surface area contributed by atoms with E-state index >= 15 is 0 Å². The summed E-state index contributed by atoms with van der Waals surface area (Å²) in [6, 6.07) is 7.08. The summed E-state index contributed by atoms with van der Waals surface area (Å²) < 4.78 is 28.9. The Kier molecular flexibility index (Phi) is 2.51. The number of alkyl halides is 2. The van der Waals surface area contributed by atoms with Gasteiger partial charge in [-0.2, -0.15) is 8.78 Å². The fourth-order valence-corrected chi connectivity index (χ4v) is 1.60. The highest BCUT2D eigenvalue weighted by molar-refractivity contribution is 7.99. The van der Waals surface area contributed by atoms with Crippen molar-refractivity contribution in [1.82, 2.24) is 0 Å². The van der Waals surface area contributed by atoms with Gasteiger partial charge in [0.25, 0.3) is 5.76 Å². The number of rotatable bonds is 3. The van der Waals surface area contributed by atoms with Gasteiger partial charge in [-0.15, -0.1) is 0 Å². The average Bonchev–Trinajstić information content (AvgIpc) is 2.87. The van der Waals surface area contributed by atoms with Crippen LogP contribution in [0.2, 0.25) is 0 Å². The first kappa shape index (κ1) is 8.97. The van der Waals surface area contributed by atoms with Crippen LogP contribution >= 0.6 is 11.8 Å². The van der Waals surface area contributed by atoms with Gasteiger partial charge in [-0.1, -0.05) is 23.9 Å². The second kappa shape index (κ2) is 3.64. The van der Waals surface area contributed by atoms with Crippen molar-refractivity contribution in [2.24, 2.45) is 0 Å². The fraction of sp³-hybridized carbons (Fsp3) is 0.333. The molecule has 0 spiro atoms. The molecule has 0 N–H and O–H groups in total. The summed E-state index contributed by atoms with van der Waals surface area (Å²) in [5, 5.41) is 0. The van der Waals surface area contributed by atoms with Gasteiger partial charge in [0.15, 0.2) is 0 Å². The highest BCUT2D eigenvalue weighted by Gasteiger charge is 2.24. The summed E-state index contributed by atoms with van der Waals surface area (Å²) in [5.74, 6) is -2.34. The van der Waals surface area contributed by atoms with Crippen LogP contribution in [-0.4, -0.2) is 12.4 Å². The molecule has 1 aromatic rings. The topological polar surface area (TPSA) is 12.5 Å². The third-order valence-corrected chi connectivity index (χ3v) is 2.53. The molecule has 0 bridgehead atoms. The molecule has 2 rings (SSSR count). The number of epoxide rings is 1. The largest absolute Gasteiger partial charge is 0.368 e. The molecule has 1 aromatic carbocycles. The van der Waals surface area contributed by atoms with Gasteiger partial charge in [-0.25, -0.2) is 0 Å². The minimum absolute atomic E-state index is 0.200. The minimum Gasteiger partial charge on any atom is -0.368 e. The molecule has 0 aliphatic carbocycles. The molecule has 0 aromatic heterocycles. The van der Waals surface area contributed by atoms with Crippen LogP contribution in [0.4, 0.5) is 8.78 Å². The van der Waals surface area contributed by atoms with Crippen LogP contribution in [0.3, 0.4) is 0 Å². The molecule has 70 valence electrons. The van der Waals surface area contributed by atoms with Crippen molar-refractivity contribution in [3.8, 4) is 0 Å². The molecule has 0 saturated carbocycles. The maximum Gasteiger partial charge on any atom is 0.288 e. The van der Waals surface area contributed by atoms with Crippen LogP contribution < -0.4 is 0 Å². The van der Waals surface area contributed by atoms with E-state index in [-0.39, 0.29) is 6.10 Å². The molecule has 1 fully saturated rings. The first-order chi connectivity index (χ1) is 6.25. The van der Waals surface area contributed by atoms with Gasteiger partial charge < -0.3 is 4.74 Å². The number of hydrogen-bond acceptors (Lipinski definition) is 2. The molecule has 1 atom stereocenters. The normalized spacial score (nSPS) is 20.7. The quantitative estimate of drug-likeness (QED) is 0.551. The van der Waals surface area contributed by atoms with Gasteiger partial charge in [0.1, 0.15) is 6.10 Å². The molecule has 0 radical (unpaired) electrons. The van der Waals surface area contributed by atoms with Gasteiger partial charge in [-0.05, 0) is 17.7 Å². The Labute approximate surface area is 79.1 Å². The Morgan fingerprint density at radius 3 is 2.38 bits per heavy atom. The molecular formula is C9H8F2OS. The van der Waals surface area contributed by atoms with Crippen molar-refractivity contribution in [2.45, 2.75) is 16.8 Å². The number of benzene rings is 1. The molecule has 1 saturated heterocycles. The predicted molar refractivity (Wildman–Crippen MR) is 47.0 cm³/mol. The van der Waals surface area contributed by atoms with E-state index in [2.05, 4.69) is 0 Å². The van der Waals surface area contributed by atoms with E-state index in [4.69, 9.17) is 4.74 Å². The Hall–Kier alpha value is -0.610. The Balaban J connectivity index is 2.04. The third kappa shape index (κ3) is 2.42. The standard InChI is InChI=1S/C9H8F2OS/c10-9(11)13-7-3-1-6(2-4-7)8-5-12-8/h1-4,8-9H,5H2/t8-/m1/s1. The summed E-state index contributed by atoms with van der Waals surface area (Å²) in [6.45, 7) is 0.751. The van der Waals surface area contributed by atoms with Crippen LogP contribution in [0.5, 0.6) is 0 Å². The van der Waals surface area contributed by atoms with Crippen molar-refractivity contribution in [3.63, 3.8) is 0 Å². The zero-order chi connectivity index (χ0) is 9.26. The maximum atomic E-state index is 11.9. The monoisotopic (exact) mass is 202 g/mol. The van der Waals surface area contributed by atoms with E-state index < -0.39 is 5.76 Å². The molecule has 1 heterocycles. The van der Waals surface area contributed by atoms with Crippen LogP contribution in [-0.2, 0) is 4.74 Å². The first-order valence-corrected chi connectivity index (χ1v) is 4.80. The average molecular weight is 202 g/mol. The molecule has 1 aliphatic heterocycles. The van der Waals surface area contributed by atoms with E-state index in [1.165, 1.54) is 0 Å². The van der Waals surface area contributed by atoms with Crippen molar-refractivity contribution in [2.75, 3.05) is 6.61 Å². The number of hydrogen-bond donors (Lipinski definition) is 0. The fourth-order valence-electron chi connectivity index (χ4n) is 1.10. The van der Waals surface area contributed by atoms with E-state index in [0.717, 1.165) is 12.2 Å². The van der Waals surface area contributed by atoms with Gasteiger partial charge in [0.2, 0.25) is 0 Å². The molecular weight excluding hydrogens is 194 g/mol. The van der Waals surface area contributed by atoms with Crippen molar-refractivity contribution >= 4 is 11.8 Å². The lowest BCUT2D eigenvalue weighted by molar-refractivity contribution is 0.252. The van der Waals surface area contributed by atoms with E-state index in [0.29, 0.717) is 16.7 Å². The minimum atomic E-state index is -2.34. The van der Waals surface area contributed by atoms with E-state index in [1.54, 1.807) is 12.1 Å². The van der Waals surface area contributed by atoms with Crippen molar-refractivity contribution in [3.05, 3.63) is 29.8 Å². The van der Waals surface area contributed by atoms with E-state index in [9.17, 15) is 8.78 Å². The second-order valence-corrected chi connectivity index (χ2v) is 3.83. The third-order valence-electron chi connectivity index (χ3n) is 1.81. The number of halogens is 2. The van der Waals surface area contributed by atoms with Gasteiger partial charge in [0.05, 0.1) is 6.61 Å². The Morgan fingerprint density at radius 1 is 1.31 bits per heavy atom. The lowest BCUT2D eigenvalue weighted by atomic mass is 10.2. The SMILES string of the molecule is FC(F)Sc1ccc([C@H]2CO2)cc1. The number of thioether (sulfide) groups is 1. The molecule has 1 aliphatic rings. The molecule has 1 nitrogen and oxygen atoms in total. The number of ether oxygens (including phenoxy) is 1. The Bertz CT molecular complexity index is 282. The summed E-state index contributed by atoms with van der Waals surface area (Å²) in [7, 11) is 0. The highest BCUT2D eigenvalue weighted by atomic mass is 32.2. The van der Waals surface area contributed by atoms with Crippen LogP contribution in [0, 0.1) is 0 Å². The zero-order valence-electron chi connectivity index (χ0n) is 6.74. The summed E-state index contributed by atoms with van der Waals surface area (Å²) in [5.41, 5.74) is 1.07. The predicted octanol–water partition coefficient (Wildman–Crippen LogP) is 3.07. The lowest BCUT2D eigenvalue weighted by Crippen LogP contribution is -1.83. The summed E-state index contributed by atoms with van der Waals surface area (Å²) in [4.78, 5) is 0.597. The highest BCUT2D eigenvalue weighted by Crippen LogP contribution is 2.32. The van der Waals surface area contributed by atoms with Gasteiger partial charge in [0, 0.05) is 4.90 Å². The summed E-state index contributed by atoms with van der Waals surface area (Å²) in [6.07, 6.45) is 0.200.